The lowest BCUT2D eigenvalue weighted by Gasteiger charge is -2.08. The summed E-state index contributed by atoms with van der Waals surface area (Å²) in [6.45, 7) is 1.87. The van der Waals surface area contributed by atoms with E-state index in [0.717, 1.165) is 11.3 Å². The van der Waals surface area contributed by atoms with E-state index in [9.17, 15) is 4.39 Å². The van der Waals surface area contributed by atoms with Crippen LogP contribution in [0.25, 0.3) is 0 Å². The minimum Gasteiger partial charge on any atom is -0.497 e. The molecule has 1 atom stereocenters. The van der Waals surface area contributed by atoms with Gasteiger partial charge in [0.2, 0.25) is 0 Å². The third-order valence-corrected chi connectivity index (χ3v) is 2.25. The summed E-state index contributed by atoms with van der Waals surface area (Å²) < 4.78 is 18.1. The van der Waals surface area contributed by atoms with Gasteiger partial charge in [-0.2, -0.15) is 0 Å². The zero-order valence-electron chi connectivity index (χ0n) is 9.03. The highest BCUT2D eigenvalue weighted by atomic mass is 19.1. The molecule has 82 valence electrons. The Morgan fingerprint density at radius 2 is 2.33 bits per heavy atom. The first-order chi connectivity index (χ1) is 7.17. The predicted molar refractivity (Wildman–Crippen MR) is 59.7 cm³/mol. The highest BCUT2D eigenvalue weighted by Crippen LogP contribution is 2.22. The normalized spacial score (nSPS) is 13.7. The van der Waals surface area contributed by atoms with Crippen molar-refractivity contribution in [2.24, 2.45) is 5.73 Å². The van der Waals surface area contributed by atoms with Gasteiger partial charge in [-0.15, -0.1) is 0 Å². The van der Waals surface area contributed by atoms with Crippen LogP contribution in [-0.2, 0) is 0 Å². The van der Waals surface area contributed by atoms with Crippen LogP contribution in [0.5, 0.6) is 5.75 Å². The smallest absolute Gasteiger partial charge is 0.119 e. The summed E-state index contributed by atoms with van der Waals surface area (Å²) in [5, 5.41) is 0. The molecule has 3 heteroatoms. The molecule has 2 N–H and O–H groups in total. The number of ether oxygens (including phenoxy) is 1. The topological polar surface area (TPSA) is 35.2 Å². The number of allylic oxidation sites excluding steroid dienone is 1. The molecule has 0 aliphatic heterocycles. The lowest BCUT2D eigenvalue weighted by atomic mass is 10.0. The van der Waals surface area contributed by atoms with Crippen LogP contribution < -0.4 is 10.5 Å². The molecule has 0 fully saturated rings. The molecule has 0 aliphatic carbocycles. The third-order valence-electron chi connectivity index (χ3n) is 2.25. The maximum atomic E-state index is 13.0. The summed E-state index contributed by atoms with van der Waals surface area (Å²) in [4.78, 5) is 0. The van der Waals surface area contributed by atoms with E-state index in [-0.39, 0.29) is 18.3 Å². The second-order valence-electron chi connectivity index (χ2n) is 3.38. The fourth-order valence-electron chi connectivity index (χ4n) is 1.36. The van der Waals surface area contributed by atoms with Crippen molar-refractivity contribution in [1.29, 1.82) is 0 Å². The highest BCUT2D eigenvalue weighted by Gasteiger charge is 2.04. The van der Waals surface area contributed by atoms with Crippen molar-refractivity contribution < 1.29 is 9.13 Å². The van der Waals surface area contributed by atoms with Crippen molar-refractivity contribution in [3.8, 4) is 5.75 Å². The van der Waals surface area contributed by atoms with Gasteiger partial charge < -0.3 is 10.5 Å². The van der Waals surface area contributed by atoms with Crippen LogP contribution >= 0.6 is 0 Å². The lowest BCUT2D eigenvalue weighted by Crippen LogP contribution is -2.00. The molecule has 0 heterocycles. The summed E-state index contributed by atoms with van der Waals surface area (Å²) >= 11 is 0. The molecule has 0 saturated carbocycles. The van der Waals surface area contributed by atoms with Gasteiger partial charge in [-0.3, -0.25) is 0 Å². The molecule has 0 amide bonds. The Labute approximate surface area is 89.6 Å². The van der Waals surface area contributed by atoms with E-state index in [2.05, 4.69) is 0 Å². The molecule has 0 spiro atoms. The van der Waals surface area contributed by atoms with E-state index in [0.29, 0.717) is 0 Å². The summed E-state index contributed by atoms with van der Waals surface area (Å²) in [5.74, 6) is 0.495. The van der Waals surface area contributed by atoms with Crippen LogP contribution in [0.2, 0.25) is 0 Å². The van der Waals surface area contributed by atoms with Gasteiger partial charge in [0.25, 0.3) is 0 Å². The number of methoxy groups -OCH3 is 1. The largest absolute Gasteiger partial charge is 0.497 e. The zero-order valence-corrected chi connectivity index (χ0v) is 9.03. The van der Waals surface area contributed by atoms with Crippen LogP contribution in [-0.4, -0.2) is 13.7 Å². The summed E-state index contributed by atoms with van der Waals surface area (Å²) in [5.41, 5.74) is 6.20. The van der Waals surface area contributed by atoms with Gasteiger partial charge in [0.1, 0.15) is 11.6 Å². The van der Waals surface area contributed by atoms with E-state index in [1.165, 1.54) is 6.08 Å². The van der Waals surface area contributed by atoms with Gasteiger partial charge in [0.15, 0.2) is 0 Å². The number of hydrogen-bond acceptors (Lipinski definition) is 2. The van der Waals surface area contributed by atoms with Crippen molar-refractivity contribution in [2.45, 2.75) is 12.8 Å². The molecule has 1 rings (SSSR count). The van der Waals surface area contributed by atoms with Gasteiger partial charge in [-0.25, -0.2) is 4.39 Å². The predicted octanol–water partition coefficient (Wildman–Crippen LogP) is 2.61. The van der Waals surface area contributed by atoms with E-state index in [4.69, 9.17) is 10.5 Å². The molecule has 0 saturated heterocycles. The summed E-state index contributed by atoms with van der Waals surface area (Å²) in [6.07, 6.45) is 1.52. The first kappa shape index (κ1) is 11.7. The van der Waals surface area contributed by atoms with Gasteiger partial charge >= 0.3 is 0 Å². The Kier molecular flexibility index (Phi) is 4.31. The monoisotopic (exact) mass is 209 g/mol. The molecule has 0 radical (unpaired) electrons. The van der Waals surface area contributed by atoms with Crippen molar-refractivity contribution in [2.75, 3.05) is 13.7 Å². The molecule has 1 aromatic rings. The maximum absolute atomic E-state index is 13.0. The van der Waals surface area contributed by atoms with Crippen LogP contribution in [0.15, 0.2) is 36.2 Å². The number of rotatable bonds is 4. The van der Waals surface area contributed by atoms with E-state index in [1.807, 2.05) is 31.2 Å². The second-order valence-corrected chi connectivity index (χ2v) is 3.38. The van der Waals surface area contributed by atoms with E-state index in [1.54, 1.807) is 7.11 Å². The number of halogens is 1. The van der Waals surface area contributed by atoms with Crippen LogP contribution in [0, 0.1) is 0 Å². The standard InChI is InChI=1S/C12H16FNO/c1-9(6-11(13)8-14)10-4-3-5-12(7-10)15-2/h3-7,9H,8,14H2,1-2H3. The fraction of sp³-hybridized carbons (Fsp3) is 0.333. The Morgan fingerprint density at radius 3 is 2.93 bits per heavy atom. The number of nitrogens with two attached hydrogens (primary N) is 1. The summed E-state index contributed by atoms with van der Waals surface area (Å²) in [6, 6.07) is 7.58. The van der Waals surface area contributed by atoms with Crippen molar-refractivity contribution in [3.05, 3.63) is 41.7 Å². The fourth-order valence-corrected chi connectivity index (χ4v) is 1.36. The molecular weight excluding hydrogens is 193 g/mol. The van der Waals surface area contributed by atoms with Crippen LogP contribution in [0.1, 0.15) is 18.4 Å². The average molecular weight is 209 g/mol. The Hall–Kier alpha value is -1.35. The first-order valence-electron chi connectivity index (χ1n) is 4.87. The molecule has 1 unspecified atom stereocenters. The SMILES string of the molecule is COc1cccc(C(C)C=C(F)CN)c1. The van der Waals surface area contributed by atoms with Crippen molar-refractivity contribution in [1.82, 2.24) is 0 Å². The zero-order chi connectivity index (χ0) is 11.3. The van der Waals surface area contributed by atoms with E-state index >= 15 is 0 Å². The first-order valence-corrected chi connectivity index (χ1v) is 4.87. The van der Waals surface area contributed by atoms with E-state index < -0.39 is 0 Å². The third kappa shape index (κ3) is 3.36. The quantitative estimate of drug-likeness (QED) is 0.827. The average Bonchev–Trinajstić information content (AvgIpc) is 2.28. The van der Waals surface area contributed by atoms with Crippen molar-refractivity contribution in [3.63, 3.8) is 0 Å². The van der Waals surface area contributed by atoms with Crippen LogP contribution in [0.3, 0.4) is 0 Å². The molecule has 0 aromatic heterocycles. The second kappa shape index (κ2) is 5.51. The summed E-state index contributed by atoms with van der Waals surface area (Å²) in [7, 11) is 1.61. The van der Waals surface area contributed by atoms with Gasteiger partial charge in [-0.05, 0) is 23.8 Å². The number of benzene rings is 1. The molecule has 1 aromatic carbocycles. The van der Waals surface area contributed by atoms with Gasteiger partial charge in [0, 0.05) is 12.5 Å². The lowest BCUT2D eigenvalue weighted by molar-refractivity contribution is 0.414. The van der Waals surface area contributed by atoms with Crippen molar-refractivity contribution >= 4 is 0 Å². The highest BCUT2D eigenvalue weighted by molar-refractivity contribution is 5.32. The van der Waals surface area contributed by atoms with Gasteiger partial charge in [-0.1, -0.05) is 19.1 Å². The minimum atomic E-state index is -0.287. The molecule has 2 nitrogen and oxygen atoms in total. The number of hydrogen-bond donors (Lipinski definition) is 1. The van der Waals surface area contributed by atoms with Gasteiger partial charge in [0.05, 0.1) is 7.11 Å². The molecule has 0 aliphatic rings. The Balaban J connectivity index is 2.86. The molecular formula is C12H16FNO. The minimum absolute atomic E-state index is 0.00338. The van der Waals surface area contributed by atoms with Crippen LogP contribution in [0.4, 0.5) is 4.39 Å². The Bertz CT molecular complexity index is 349. The maximum Gasteiger partial charge on any atom is 0.119 e. The molecule has 0 bridgehead atoms. The molecule has 15 heavy (non-hydrogen) atoms. The Morgan fingerprint density at radius 1 is 1.60 bits per heavy atom.